The number of benzene rings is 3. The molecule has 0 spiro atoms. The summed E-state index contributed by atoms with van der Waals surface area (Å²) in [7, 11) is 0. The van der Waals surface area contributed by atoms with Gasteiger partial charge >= 0.3 is 0 Å². The number of para-hydroxylation sites is 1. The van der Waals surface area contributed by atoms with Crippen LogP contribution in [0.4, 0.5) is 0 Å². The molecule has 4 heteroatoms. The van der Waals surface area contributed by atoms with Gasteiger partial charge in [0.1, 0.15) is 11.6 Å². The van der Waals surface area contributed by atoms with E-state index in [4.69, 9.17) is 9.72 Å². The molecule has 0 fully saturated rings. The Hall–Kier alpha value is -4.44. The fourth-order valence-corrected chi connectivity index (χ4v) is 4.83. The molecule has 0 atom stereocenters. The summed E-state index contributed by atoms with van der Waals surface area (Å²) in [6.45, 7) is 4.35. The minimum absolute atomic E-state index is 0.583. The summed E-state index contributed by atoms with van der Waals surface area (Å²) >= 11 is 0. The SMILES string of the molecule is CCc1ccc(CC)c(-n2c3ccccc3c3ccc(-c4cccc(Oc5ccccn5)c4)cc32)n1. The molecule has 0 unspecified atom stereocenters. The van der Waals surface area contributed by atoms with Gasteiger partial charge in [-0.1, -0.05) is 68.4 Å². The van der Waals surface area contributed by atoms with Gasteiger partial charge in [-0.15, -0.1) is 0 Å². The molecule has 0 amide bonds. The Balaban J connectivity index is 1.54. The zero-order chi connectivity index (χ0) is 24.5. The molecule has 0 radical (unpaired) electrons. The summed E-state index contributed by atoms with van der Waals surface area (Å²) in [5, 5.41) is 2.46. The molecule has 0 saturated heterocycles. The highest BCUT2D eigenvalue weighted by Crippen LogP contribution is 2.36. The van der Waals surface area contributed by atoms with Crippen LogP contribution in [-0.2, 0) is 12.8 Å². The lowest BCUT2D eigenvalue weighted by Crippen LogP contribution is -2.04. The normalized spacial score (nSPS) is 11.3. The molecule has 36 heavy (non-hydrogen) atoms. The van der Waals surface area contributed by atoms with Crippen LogP contribution in [0.5, 0.6) is 11.6 Å². The third kappa shape index (κ3) is 3.91. The molecule has 3 aromatic heterocycles. The average molecular weight is 470 g/mol. The average Bonchev–Trinajstić information content (AvgIpc) is 3.27. The van der Waals surface area contributed by atoms with Crippen LogP contribution in [0.3, 0.4) is 0 Å². The van der Waals surface area contributed by atoms with E-state index >= 15 is 0 Å². The van der Waals surface area contributed by atoms with E-state index in [1.165, 1.54) is 21.9 Å². The van der Waals surface area contributed by atoms with Crippen LogP contribution < -0.4 is 4.74 Å². The van der Waals surface area contributed by atoms with Crippen LogP contribution >= 0.6 is 0 Å². The molecule has 0 aliphatic heterocycles. The van der Waals surface area contributed by atoms with E-state index in [-0.39, 0.29) is 0 Å². The Labute approximate surface area is 210 Å². The van der Waals surface area contributed by atoms with Gasteiger partial charge in [0, 0.05) is 28.7 Å². The summed E-state index contributed by atoms with van der Waals surface area (Å²) in [6, 6.07) is 33.5. The zero-order valence-corrected chi connectivity index (χ0v) is 20.5. The first-order valence-electron chi connectivity index (χ1n) is 12.5. The van der Waals surface area contributed by atoms with Gasteiger partial charge in [-0.05, 0) is 65.9 Å². The Bertz CT molecular complexity index is 1690. The number of aromatic nitrogens is 3. The lowest BCUT2D eigenvalue weighted by atomic mass is 10.0. The fourth-order valence-electron chi connectivity index (χ4n) is 4.83. The van der Waals surface area contributed by atoms with E-state index in [1.54, 1.807) is 6.20 Å². The van der Waals surface area contributed by atoms with Gasteiger partial charge in [-0.25, -0.2) is 9.97 Å². The molecule has 0 bridgehead atoms. The van der Waals surface area contributed by atoms with E-state index in [9.17, 15) is 0 Å². The van der Waals surface area contributed by atoms with Crippen molar-refractivity contribution in [2.24, 2.45) is 0 Å². The highest BCUT2D eigenvalue weighted by Gasteiger charge is 2.16. The van der Waals surface area contributed by atoms with Crippen LogP contribution in [0.15, 0.2) is 103 Å². The Morgan fingerprint density at radius 3 is 2.36 bits per heavy atom. The Morgan fingerprint density at radius 1 is 0.694 bits per heavy atom. The number of hydrogen-bond donors (Lipinski definition) is 0. The predicted molar refractivity (Wildman–Crippen MR) is 147 cm³/mol. The van der Waals surface area contributed by atoms with Gasteiger partial charge in [-0.2, -0.15) is 0 Å². The summed E-state index contributed by atoms with van der Waals surface area (Å²) in [5.74, 6) is 2.36. The fraction of sp³-hybridized carbons (Fsp3) is 0.125. The number of ether oxygens (including phenoxy) is 1. The van der Waals surface area contributed by atoms with Gasteiger partial charge in [0.05, 0.1) is 11.0 Å². The first kappa shape index (κ1) is 22.1. The van der Waals surface area contributed by atoms with Crippen molar-refractivity contribution in [3.05, 3.63) is 115 Å². The highest BCUT2D eigenvalue weighted by molar-refractivity contribution is 6.10. The van der Waals surface area contributed by atoms with Crippen LogP contribution in [0, 0.1) is 0 Å². The molecule has 4 nitrogen and oxygen atoms in total. The number of hydrogen-bond acceptors (Lipinski definition) is 3. The molecule has 176 valence electrons. The minimum atomic E-state index is 0.583. The van der Waals surface area contributed by atoms with Crippen molar-refractivity contribution in [3.8, 4) is 28.6 Å². The van der Waals surface area contributed by atoms with Gasteiger partial charge in [-0.3, -0.25) is 4.57 Å². The van der Waals surface area contributed by atoms with Crippen LogP contribution in [0.1, 0.15) is 25.1 Å². The van der Waals surface area contributed by atoms with E-state index in [0.29, 0.717) is 5.88 Å². The molecular formula is C32H27N3O. The monoisotopic (exact) mass is 469 g/mol. The Morgan fingerprint density at radius 2 is 1.53 bits per heavy atom. The topological polar surface area (TPSA) is 39.9 Å². The second-order valence-electron chi connectivity index (χ2n) is 8.87. The van der Waals surface area contributed by atoms with E-state index in [0.717, 1.165) is 46.7 Å². The highest BCUT2D eigenvalue weighted by atomic mass is 16.5. The van der Waals surface area contributed by atoms with Crippen molar-refractivity contribution in [1.29, 1.82) is 0 Å². The molecule has 0 aliphatic carbocycles. The first-order chi connectivity index (χ1) is 17.7. The third-order valence-corrected chi connectivity index (χ3v) is 6.67. The van der Waals surface area contributed by atoms with Crippen LogP contribution in [0.25, 0.3) is 38.8 Å². The molecule has 6 rings (SSSR count). The number of pyridine rings is 2. The van der Waals surface area contributed by atoms with Crippen molar-refractivity contribution in [3.63, 3.8) is 0 Å². The van der Waals surface area contributed by atoms with Crippen LogP contribution in [-0.4, -0.2) is 14.5 Å². The number of nitrogens with zero attached hydrogens (tertiary/aromatic N) is 3. The van der Waals surface area contributed by atoms with Gasteiger partial charge in [0.2, 0.25) is 5.88 Å². The molecule has 0 saturated carbocycles. The zero-order valence-electron chi connectivity index (χ0n) is 20.5. The molecule has 6 aromatic rings. The largest absolute Gasteiger partial charge is 0.439 e. The molecule has 0 aliphatic rings. The van der Waals surface area contributed by atoms with Crippen molar-refractivity contribution >= 4 is 21.8 Å². The standard InChI is InChI=1S/C32H27N3O/c1-3-22-15-17-25(4-2)34-32(22)35-29-13-6-5-12-27(29)28-18-16-24(21-30(28)35)23-10-9-11-26(20-23)36-31-14-7-8-19-33-31/h5-21H,3-4H2,1-2H3. The van der Waals surface area contributed by atoms with Crippen molar-refractivity contribution in [2.75, 3.05) is 0 Å². The summed E-state index contributed by atoms with van der Waals surface area (Å²) < 4.78 is 8.33. The molecule has 3 heterocycles. The number of rotatable bonds is 6. The molecular weight excluding hydrogens is 442 g/mol. The van der Waals surface area contributed by atoms with Gasteiger partial charge < -0.3 is 4.74 Å². The van der Waals surface area contributed by atoms with Crippen molar-refractivity contribution in [1.82, 2.24) is 14.5 Å². The summed E-state index contributed by atoms with van der Waals surface area (Å²) in [5.41, 5.74) is 6.89. The summed E-state index contributed by atoms with van der Waals surface area (Å²) in [4.78, 5) is 9.39. The van der Waals surface area contributed by atoms with E-state index in [1.807, 2.05) is 30.3 Å². The maximum absolute atomic E-state index is 6.00. The first-order valence-corrected chi connectivity index (χ1v) is 12.5. The second-order valence-corrected chi connectivity index (χ2v) is 8.87. The lowest BCUT2D eigenvalue weighted by Gasteiger charge is -2.13. The van der Waals surface area contributed by atoms with Crippen molar-refractivity contribution in [2.45, 2.75) is 26.7 Å². The maximum atomic E-state index is 6.00. The second kappa shape index (κ2) is 9.31. The number of aryl methyl sites for hydroxylation is 2. The van der Waals surface area contributed by atoms with Gasteiger partial charge in [0.25, 0.3) is 0 Å². The number of fused-ring (bicyclic) bond motifs is 3. The predicted octanol–water partition coefficient (Wildman–Crippen LogP) is 8.16. The van der Waals surface area contributed by atoms with Gasteiger partial charge in [0.15, 0.2) is 0 Å². The van der Waals surface area contributed by atoms with E-state index < -0.39 is 0 Å². The quantitative estimate of drug-likeness (QED) is 0.247. The molecule has 3 aromatic carbocycles. The third-order valence-electron chi connectivity index (χ3n) is 6.67. The van der Waals surface area contributed by atoms with E-state index in [2.05, 4.69) is 90.1 Å². The maximum Gasteiger partial charge on any atom is 0.219 e. The molecule has 0 N–H and O–H groups in total. The Kier molecular flexibility index (Phi) is 5.70. The summed E-state index contributed by atoms with van der Waals surface area (Å²) in [6.07, 6.45) is 3.56. The lowest BCUT2D eigenvalue weighted by molar-refractivity contribution is 0.463. The van der Waals surface area contributed by atoms with Crippen molar-refractivity contribution < 1.29 is 4.74 Å². The minimum Gasteiger partial charge on any atom is -0.439 e. The smallest absolute Gasteiger partial charge is 0.219 e. The van der Waals surface area contributed by atoms with Crippen LogP contribution in [0.2, 0.25) is 0 Å².